The van der Waals surface area contributed by atoms with Crippen molar-refractivity contribution in [1.29, 1.82) is 0 Å². The van der Waals surface area contributed by atoms with Crippen molar-refractivity contribution in [2.75, 3.05) is 19.8 Å². The van der Waals surface area contributed by atoms with Crippen LogP contribution < -0.4 is 5.32 Å². The highest BCUT2D eigenvalue weighted by atomic mass is 16.7. The normalized spacial score (nSPS) is 18.4. The summed E-state index contributed by atoms with van der Waals surface area (Å²) in [6.45, 7) is 4.19. The van der Waals surface area contributed by atoms with Crippen LogP contribution in [0.1, 0.15) is 322 Å². The maximum Gasteiger partial charge on any atom is 0.305 e. The number of ether oxygens (including phenoxy) is 3. The van der Waals surface area contributed by atoms with Gasteiger partial charge in [-0.25, -0.2) is 0 Å². The van der Waals surface area contributed by atoms with Crippen molar-refractivity contribution in [3.63, 3.8) is 0 Å². The number of allylic oxidation sites excluding steroid dienone is 13. The molecule has 1 amide bonds. The maximum absolute atomic E-state index is 13.0. The molecule has 1 aliphatic rings. The Hall–Kier alpha value is -3.16. The first-order valence-electron chi connectivity index (χ1n) is 36.4. The first kappa shape index (κ1) is 81.9. The molecular weight excluding hydrogens is 1090 g/mol. The molecule has 1 aliphatic heterocycles. The second kappa shape index (κ2) is 64.4. The SMILES string of the molecule is CCC/C=C\C/C=C\CCCCCCCC(=O)OCCCCCCCCCCCCC/C=C\C/C=C\CCCCCCCCCCCCCCCCCCCC(=O)NC(COC1OC(CO)C(O)C(O)C1O)C(O)/C=C/CC/C=C/CC/C=C/CCC. The molecule has 0 bridgehead atoms. The summed E-state index contributed by atoms with van der Waals surface area (Å²) in [5.74, 6) is -0.202. The number of aliphatic hydroxyl groups excluding tert-OH is 5. The van der Waals surface area contributed by atoms with E-state index in [9.17, 15) is 35.1 Å². The zero-order valence-electron chi connectivity index (χ0n) is 56.0. The molecule has 504 valence electrons. The number of carbonyl (C=O) groups excluding carboxylic acids is 2. The third-order valence-corrected chi connectivity index (χ3v) is 16.6. The van der Waals surface area contributed by atoms with Gasteiger partial charge in [0.1, 0.15) is 24.4 Å². The quantitative estimate of drug-likeness (QED) is 0.0195. The Labute approximate surface area is 533 Å². The van der Waals surface area contributed by atoms with E-state index in [1.807, 2.05) is 6.08 Å². The smallest absolute Gasteiger partial charge is 0.305 e. The van der Waals surface area contributed by atoms with E-state index < -0.39 is 49.5 Å². The highest BCUT2D eigenvalue weighted by Gasteiger charge is 2.44. The molecule has 0 aromatic heterocycles. The largest absolute Gasteiger partial charge is 0.466 e. The van der Waals surface area contributed by atoms with Crippen LogP contribution in [0, 0.1) is 0 Å². The predicted molar refractivity (Wildman–Crippen MR) is 366 cm³/mol. The first-order chi connectivity index (χ1) is 42.7. The molecule has 7 atom stereocenters. The Morgan fingerprint density at radius 3 is 1.21 bits per heavy atom. The fraction of sp³-hybridized carbons (Fsp3) is 0.789. The second-order valence-electron chi connectivity index (χ2n) is 24.9. The van der Waals surface area contributed by atoms with Crippen LogP contribution in [0.3, 0.4) is 0 Å². The van der Waals surface area contributed by atoms with Crippen molar-refractivity contribution >= 4 is 11.9 Å². The number of hydrogen-bond donors (Lipinski definition) is 6. The fourth-order valence-electron chi connectivity index (χ4n) is 11.0. The number of nitrogens with one attached hydrogen (secondary N) is 1. The van der Waals surface area contributed by atoms with Gasteiger partial charge in [0, 0.05) is 12.8 Å². The molecule has 0 aromatic carbocycles. The molecule has 1 rings (SSSR count). The van der Waals surface area contributed by atoms with Gasteiger partial charge in [-0.1, -0.05) is 285 Å². The van der Waals surface area contributed by atoms with E-state index in [2.05, 4.69) is 92.1 Å². The van der Waals surface area contributed by atoms with Gasteiger partial charge in [0.2, 0.25) is 5.91 Å². The molecule has 1 heterocycles. The number of unbranched alkanes of at least 4 members (excludes halogenated alkanes) is 37. The third-order valence-electron chi connectivity index (χ3n) is 16.6. The summed E-state index contributed by atoms with van der Waals surface area (Å²) in [5.41, 5.74) is 0. The molecule has 0 aliphatic carbocycles. The van der Waals surface area contributed by atoms with Gasteiger partial charge in [-0.05, 0) is 109 Å². The van der Waals surface area contributed by atoms with Gasteiger partial charge in [-0.2, -0.15) is 0 Å². The number of esters is 1. The standard InChI is InChI=1S/C76H135NO10/c1-3-5-7-9-11-13-15-39-44-48-52-56-60-64-72(81)85-65-61-57-53-49-45-41-38-36-34-32-30-28-26-24-22-20-18-16-17-19-21-23-25-27-29-31-33-35-37-40-43-47-51-55-59-63-71(80)77-68(67-86-76-75(84)74(83)73(82)70(66-78)87-76)69(79)62-58-54-50-46-42-14-12-10-8-6-4-2/h7-10,13,15,18,20,24,26,42,46,58,62,68-70,73-76,78-79,82-84H,3-6,11-12,14,16-17,19,21-23,25,27-41,43-45,47-57,59-61,63-67H2,1-2H3,(H,77,80)/b9-7-,10-8+,15-13-,20-18-,26-24-,46-42+,62-58+. The molecule has 11 nitrogen and oxygen atoms in total. The van der Waals surface area contributed by atoms with Crippen LogP contribution in [0.4, 0.5) is 0 Å². The Balaban J connectivity index is 1.93. The lowest BCUT2D eigenvalue weighted by Crippen LogP contribution is -2.60. The van der Waals surface area contributed by atoms with Crippen LogP contribution in [0.25, 0.3) is 0 Å². The fourth-order valence-corrected chi connectivity index (χ4v) is 11.0. The van der Waals surface area contributed by atoms with Gasteiger partial charge in [0.15, 0.2) is 6.29 Å². The van der Waals surface area contributed by atoms with Gasteiger partial charge < -0.3 is 45.1 Å². The number of amides is 1. The van der Waals surface area contributed by atoms with Gasteiger partial charge in [-0.3, -0.25) is 9.59 Å². The molecule has 7 unspecified atom stereocenters. The average Bonchev–Trinajstić information content (AvgIpc) is 3.60. The lowest BCUT2D eigenvalue weighted by molar-refractivity contribution is -0.302. The van der Waals surface area contributed by atoms with E-state index in [0.29, 0.717) is 19.4 Å². The van der Waals surface area contributed by atoms with Crippen LogP contribution in [0.5, 0.6) is 0 Å². The topological polar surface area (TPSA) is 175 Å². The molecule has 0 aromatic rings. The van der Waals surface area contributed by atoms with Crippen molar-refractivity contribution in [1.82, 2.24) is 5.32 Å². The summed E-state index contributed by atoms with van der Waals surface area (Å²) < 4.78 is 16.7. The predicted octanol–water partition coefficient (Wildman–Crippen LogP) is 18.8. The van der Waals surface area contributed by atoms with Crippen LogP contribution >= 0.6 is 0 Å². The second-order valence-corrected chi connectivity index (χ2v) is 24.9. The van der Waals surface area contributed by atoms with E-state index in [-0.39, 0.29) is 18.5 Å². The summed E-state index contributed by atoms with van der Waals surface area (Å²) >= 11 is 0. The average molecular weight is 1220 g/mol. The summed E-state index contributed by atoms with van der Waals surface area (Å²) in [5, 5.41) is 54.4. The third kappa shape index (κ3) is 53.2. The van der Waals surface area contributed by atoms with E-state index >= 15 is 0 Å². The number of hydrogen-bond acceptors (Lipinski definition) is 10. The van der Waals surface area contributed by atoms with Gasteiger partial charge in [0.25, 0.3) is 0 Å². The minimum atomic E-state index is -1.58. The Bertz CT molecular complexity index is 1720. The lowest BCUT2D eigenvalue weighted by Gasteiger charge is -2.40. The Kier molecular flexibility index (Phi) is 60.6. The van der Waals surface area contributed by atoms with Crippen LogP contribution in [0.15, 0.2) is 85.1 Å². The summed E-state index contributed by atoms with van der Waals surface area (Å²) in [6.07, 6.45) is 78.9. The van der Waals surface area contributed by atoms with Gasteiger partial charge in [-0.15, -0.1) is 0 Å². The molecule has 1 saturated heterocycles. The van der Waals surface area contributed by atoms with E-state index in [0.717, 1.165) is 89.9 Å². The number of aliphatic hydroxyl groups is 5. The minimum absolute atomic E-state index is 0.00632. The highest BCUT2D eigenvalue weighted by molar-refractivity contribution is 5.76. The highest BCUT2D eigenvalue weighted by Crippen LogP contribution is 2.23. The van der Waals surface area contributed by atoms with Crippen molar-refractivity contribution in [3.8, 4) is 0 Å². The Morgan fingerprint density at radius 2 is 0.782 bits per heavy atom. The van der Waals surface area contributed by atoms with Crippen LogP contribution in [-0.2, 0) is 23.8 Å². The molecular formula is C76H135NO10. The maximum atomic E-state index is 13.0. The Morgan fingerprint density at radius 1 is 0.425 bits per heavy atom. The molecule has 6 N–H and O–H groups in total. The monoisotopic (exact) mass is 1220 g/mol. The van der Waals surface area contributed by atoms with Crippen LogP contribution in [0.2, 0.25) is 0 Å². The van der Waals surface area contributed by atoms with Crippen LogP contribution in [-0.4, -0.2) is 100 Å². The van der Waals surface area contributed by atoms with Crippen molar-refractivity contribution < 1.29 is 49.3 Å². The summed E-state index contributed by atoms with van der Waals surface area (Å²) in [6, 6.07) is -0.834. The van der Waals surface area contributed by atoms with E-state index in [4.69, 9.17) is 14.2 Å². The number of rotatable bonds is 63. The lowest BCUT2D eigenvalue weighted by atomic mass is 9.99. The first-order valence-corrected chi connectivity index (χ1v) is 36.4. The van der Waals surface area contributed by atoms with Crippen molar-refractivity contribution in [3.05, 3.63) is 85.1 Å². The summed E-state index contributed by atoms with van der Waals surface area (Å²) in [4.78, 5) is 25.1. The van der Waals surface area contributed by atoms with Gasteiger partial charge in [0.05, 0.1) is 32.0 Å². The molecule has 0 saturated carbocycles. The number of carbonyl (C=O) groups is 2. The molecule has 11 heteroatoms. The molecule has 87 heavy (non-hydrogen) atoms. The van der Waals surface area contributed by atoms with E-state index in [1.54, 1.807) is 6.08 Å². The molecule has 0 spiro atoms. The minimum Gasteiger partial charge on any atom is -0.466 e. The summed E-state index contributed by atoms with van der Waals surface area (Å²) in [7, 11) is 0. The van der Waals surface area contributed by atoms with Crippen molar-refractivity contribution in [2.24, 2.45) is 0 Å². The zero-order valence-corrected chi connectivity index (χ0v) is 56.0. The van der Waals surface area contributed by atoms with Crippen molar-refractivity contribution in [2.45, 2.75) is 365 Å². The zero-order chi connectivity index (χ0) is 63.0. The molecule has 1 fully saturated rings. The van der Waals surface area contributed by atoms with E-state index in [1.165, 1.54) is 205 Å². The van der Waals surface area contributed by atoms with Gasteiger partial charge >= 0.3 is 5.97 Å². The molecule has 0 radical (unpaired) electrons.